The molecule has 1 aliphatic rings. The Morgan fingerprint density at radius 1 is 1.31 bits per heavy atom. The first-order valence-electron chi connectivity index (χ1n) is 5.07. The summed E-state index contributed by atoms with van der Waals surface area (Å²) in [4.78, 5) is 7.50. The summed E-state index contributed by atoms with van der Waals surface area (Å²) < 4.78 is 26.2. The summed E-state index contributed by atoms with van der Waals surface area (Å²) in [6.07, 6.45) is 4.60. The normalized spacial score (nSPS) is 17.6. The van der Waals surface area contributed by atoms with E-state index in [9.17, 15) is 8.42 Å². The van der Waals surface area contributed by atoms with Crippen molar-refractivity contribution in [2.45, 2.75) is 30.9 Å². The van der Waals surface area contributed by atoms with Crippen molar-refractivity contribution in [1.82, 2.24) is 9.97 Å². The average Bonchev–Trinajstić information content (AvgIpc) is 2.69. The topological polar surface area (TPSA) is 72.0 Å². The van der Waals surface area contributed by atoms with Crippen molar-refractivity contribution < 1.29 is 8.42 Å². The fourth-order valence-corrected chi connectivity index (χ4v) is 3.49. The molecule has 2 rings (SSSR count). The molecule has 0 aliphatic heterocycles. The Hall–Kier alpha value is -0.880. The molecular formula is C9H12ClN3O2S. The molecule has 0 radical (unpaired) electrons. The van der Waals surface area contributed by atoms with Gasteiger partial charge in [-0.3, -0.25) is 4.72 Å². The van der Waals surface area contributed by atoms with E-state index < -0.39 is 10.0 Å². The number of nitrogens with one attached hydrogen (secondary N) is 1. The van der Waals surface area contributed by atoms with Gasteiger partial charge in [0.05, 0.1) is 5.25 Å². The number of halogens is 1. The number of rotatable bonds is 3. The Morgan fingerprint density at radius 2 is 2.00 bits per heavy atom. The first kappa shape index (κ1) is 11.6. The number of nitrogens with zero attached hydrogens (tertiary/aromatic N) is 2. The number of hydrogen-bond acceptors (Lipinski definition) is 4. The zero-order valence-electron chi connectivity index (χ0n) is 8.56. The second kappa shape index (κ2) is 4.55. The molecular weight excluding hydrogens is 250 g/mol. The number of hydrogen-bond donors (Lipinski definition) is 1. The van der Waals surface area contributed by atoms with E-state index in [4.69, 9.17) is 11.6 Å². The predicted molar refractivity (Wildman–Crippen MR) is 61.8 cm³/mol. The van der Waals surface area contributed by atoms with Crippen LogP contribution >= 0.6 is 11.6 Å². The Bertz CT molecular complexity index is 471. The summed E-state index contributed by atoms with van der Waals surface area (Å²) in [5, 5.41) is -0.0830. The molecule has 5 nitrogen and oxygen atoms in total. The molecule has 16 heavy (non-hydrogen) atoms. The Labute approximate surface area is 99.3 Å². The third kappa shape index (κ3) is 2.62. The van der Waals surface area contributed by atoms with Crippen LogP contribution in [0.3, 0.4) is 0 Å². The van der Waals surface area contributed by atoms with Gasteiger partial charge in [0, 0.05) is 6.07 Å². The lowest BCUT2D eigenvalue weighted by atomic mass is 10.4. The van der Waals surface area contributed by atoms with Gasteiger partial charge in [-0.25, -0.2) is 18.4 Å². The number of anilines is 1. The minimum atomic E-state index is -3.33. The van der Waals surface area contributed by atoms with Gasteiger partial charge < -0.3 is 0 Å². The van der Waals surface area contributed by atoms with Gasteiger partial charge in [0.25, 0.3) is 0 Å². The summed E-state index contributed by atoms with van der Waals surface area (Å²) in [7, 11) is -3.33. The van der Waals surface area contributed by atoms with Gasteiger partial charge in [-0.1, -0.05) is 24.4 Å². The van der Waals surface area contributed by atoms with E-state index in [1.54, 1.807) is 0 Å². The van der Waals surface area contributed by atoms with Crippen molar-refractivity contribution in [2.75, 3.05) is 4.72 Å². The van der Waals surface area contributed by atoms with Gasteiger partial charge >= 0.3 is 0 Å². The van der Waals surface area contributed by atoms with Gasteiger partial charge in [-0.15, -0.1) is 0 Å². The second-order valence-electron chi connectivity index (χ2n) is 3.78. The quantitative estimate of drug-likeness (QED) is 0.843. The van der Waals surface area contributed by atoms with Gasteiger partial charge in [0.15, 0.2) is 0 Å². The van der Waals surface area contributed by atoms with Crippen LogP contribution in [0.15, 0.2) is 12.4 Å². The van der Waals surface area contributed by atoms with E-state index in [2.05, 4.69) is 14.7 Å². The average molecular weight is 262 g/mol. The highest BCUT2D eigenvalue weighted by molar-refractivity contribution is 7.93. The second-order valence-corrected chi connectivity index (χ2v) is 6.13. The predicted octanol–water partition coefficient (Wildman–Crippen LogP) is 1.81. The molecule has 0 saturated heterocycles. The zero-order valence-corrected chi connectivity index (χ0v) is 10.1. The first-order chi connectivity index (χ1) is 7.58. The lowest BCUT2D eigenvalue weighted by Gasteiger charge is -2.12. The third-order valence-electron chi connectivity index (χ3n) is 2.62. The van der Waals surface area contributed by atoms with Crippen LogP contribution in [0.2, 0.25) is 5.15 Å². The van der Waals surface area contributed by atoms with Crippen LogP contribution in [0.4, 0.5) is 5.82 Å². The van der Waals surface area contributed by atoms with Crippen molar-refractivity contribution in [1.29, 1.82) is 0 Å². The minimum Gasteiger partial charge on any atom is -0.267 e. The van der Waals surface area contributed by atoms with Crippen molar-refractivity contribution in [3.8, 4) is 0 Å². The fourth-order valence-electron chi connectivity index (χ4n) is 1.82. The first-order valence-corrected chi connectivity index (χ1v) is 6.99. The highest BCUT2D eigenvalue weighted by atomic mass is 35.5. The Balaban J connectivity index is 2.14. The smallest absolute Gasteiger partial charge is 0.236 e. The molecule has 0 aromatic carbocycles. The van der Waals surface area contributed by atoms with Crippen molar-refractivity contribution in [3.05, 3.63) is 17.5 Å². The van der Waals surface area contributed by atoms with Gasteiger partial charge in [0.2, 0.25) is 10.0 Å². The van der Waals surface area contributed by atoms with E-state index in [1.807, 2.05) is 0 Å². The monoisotopic (exact) mass is 261 g/mol. The standard InChI is InChI=1S/C9H12ClN3O2S/c10-8-5-9(12-6-11-8)13-16(14,15)7-3-1-2-4-7/h5-7H,1-4H2,(H,11,12,13). The summed E-state index contributed by atoms with van der Waals surface area (Å²) in [5.74, 6) is 0.229. The molecule has 7 heteroatoms. The summed E-state index contributed by atoms with van der Waals surface area (Å²) in [6, 6.07) is 1.40. The van der Waals surface area contributed by atoms with Crippen LogP contribution in [0, 0.1) is 0 Å². The van der Waals surface area contributed by atoms with Gasteiger partial charge in [0.1, 0.15) is 17.3 Å². The molecule has 0 unspecified atom stereocenters. The molecule has 1 saturated carbocycles. The van der Waals surface area contributed by atoms with Gasteiger partial charge in [-0.05, 0) is 12.8 Å². The van der Waals surface area contributed by atoms with E-state index >= 15 is 0 Å². The van der Waals surface area contributed by atoms with Crippen LogP contribution in [-0.4, -0.2) is 23.6 Å². The third-order valence-corrected chi connectivity index (χ3v) is 4.67. The largest absolute Gasteiger partial charge is 0.267 e. The molecule has 0 bridgehead atoms. The SMILES string of the molecule is O=S(=O)(Nc1cc(Cl)ncn1)C1CCCC1. The molecule has 1 aromatic heterocycles. The summed E-state index contributed by atoms with van der Waals surface area (Å²) in [5.41, 5.74) is 0. The molecule has 1 heterocycles. The summed E-state index contributed by atoms with van der Waals surface area (Å²) in [6.45, 7) is 0. The van der Waals surface area contributed by atoms with Gasteiger partial charge in [-0.2, -0.15) is 0 Å². The highest BCUT2D eigenvalue weighted by Gasteiger charge is 2.28. The van der Waals surface area contributed by atoms with Crippen LogP contribution in [0.1, 0.15) is 25.7 Å². The van der Waals surface area contributed by atoms with E-state index in [0.717, 1.165) is 12.8 Å². The molecule has 1 aromatic rings. The van der Waals surface area contributed by atoms with E-state index in [-0.39, 0.29) is 16.2 Å². The maximum atomic E-state index is 11.9. The fraction of sp³-hybridized carbons (Fsp3) is 0.556. The zero-order chi connectivity index (χ0) is 11.6. The van der Waals surface area contributed by atoms with Crippen LogP contribution in [0.25, 0.3) is 0 Å². The molecule has 1 aliphatic carbocycles. The van der Waals surface area contributed by atoms with Crippen molar-refractivity contribution in [3.63, 3.8) is 0 Å². The Morgan fingerprint density at radius 3 is 2.62 bits per heavy atom. The summed E-state index contributed by atoms with van der Waals surface area (Å²) >= 11 is 5.65. The molecule has 0 amide bonds. The molecule has 1 fully saturated rings. The molecule has 1 N–H and O–H groups in total. The minimum absolute atomic E-state index is 0.221. The Kier molecular flexibility index (Phi) is 3.30. The van der Waals surface area contributed by atoms with Crippen molar-refractivity contribution in [2.24, 2.45) is 0 Å². The maximum Gasteiger partial charge on any atom is 0.236 e. The number of aromatic nitrogens is 2. The molecule has 0 atom stereocenters. The van der Waals surface area contributed by atoms with Crippen molar-refractivity contribution >= 4 is 27.4 Å². The number of sulfonamides is 1. The molecule has 0 spiro atoms. The van der Waals surface area contributed by atoms with Crippen LogP contribution < -0.4 is 4.72 Å². The van der Waals surface area contributed by atoms with E-state index in [0.29, 0.717) is 12.8 Å². The molecule has 88 valence electrons. The van der Waals surface area contributed by atoms with Crippen LogP contribution in [-0.2, 0) is 10.0 Å². The lowest BCUT2D eigenvalue weighted by molar-refractivity contribution is 0.585. The lowest BCUT2D eigenvalue weighted by Crippen LogP contribution is -2.25. The van der Waals surface area contributed by atoms with E-state index in [1.165, 1.54) is 12.4 Å². The maximum absolute atomic E-state index is 11.9. The van der Waals surface area contributed by atoms with Crippen LogP contribution in [0.5, 0.6) is 0 Å². The highest BCUT2D eigenvalue weighted by Crippen LogP contribution is 2.25.